The second kappa shape index (κ2) is 5.99. The normalized spacial score (nSPS) is 28.0. The Morgan fingerprint density at radius 1 is 1.39 bits per heavy atom. The van der Waals surface area contributed by atoms with Gasteiger partial charge in [0.15, 0.2) is 17.9 Å². The number of carbonyl (C=O) groups excluding carboxylic acids is 1. The van der Waals surface area contributed by atoms with Crippen LogP contribution in [0.5, 0.6) is 0 Å². The van der Waals surface area contributed by atoms with E-state index < -0.39 is 53.2 Å². The van der Waals surface area contributed by atoms with Gasteiger partial charge in [-0.2, -0.15) is 4.98 Å². The van der Waals surface area contributed by atoms with Gasteiger partial charge in [0.05, 0.1) is 12.3 Å². The van der Waals surface area contributed by atoms with E-state index in [4.69, 9.17) is 4.74 Å². The molecular formula is C14H20FN3O5. The molecule has 1 aliphatic heterocycles. The zero-order valence-corrected chi connectivity index (χ0v) is 13.3. The predicted molar refractivity (Wildman–Crippen MR) is 78.1 cm³/mol. The fourth-order valence-corrected chi connectivity index (χ4v) is 2.07. The van der Waals surface area contributed by atoms with Gasteiger partial charge in [-0.3, -0.25) is 9.36 Å². The van der Waals surface area contributed by atoms with Crippen molar-refractivity contribution in [1.82, 2.24) is 9.55 Å². The third-order valence-corrected chi connectivity index (χ3v) is 3.57. The van der Waals surface area contributed by atoms with E-state index in [1.807, 2.05) is 0 Å². The number of nitrogens with zero attached hydrogens (tertiary/aromatic N) is 2. The number of halogens is 1. The fraction of sp³-hybridized carbons (Fsp3) is 0.643. The molecule has 1 aliphatic rings. The summed E-state index contributed by atoms with van der Waals surface area (Å²) in [7, 11) is 0. The Kier molecular flexibility index (Phi) is 4.56. The molecule has 0 aromatic carbocycles. The average Bonchev–Trinajstić information content (AvgIpc) is 2.69. The summed E-state index contributed by atoms with van der Waals surface area (Å²) in [6, 6.07) is 0. The van der Waals surface area contributed by atoms with Crippen molar-refractivity contribution in [2.24, 2.45) is 5.41 Å². The number of amides is 1. The summed E-state index contributed by atoms with van der Waals surface area (Å²) in [4.78, 5) is 27.4. The van der Waals surface area contributed by atoms with Crippen LogP contribution in [0.15, 0.2) is 11.0 Å². The van der Waals surface area contributed by atoms with E-state index in [2.05, 4.69) is 10.3 Å². The summed E-state index contributed by atoms with van der Waals surface area (Å²) in [5, 5.41) is 21.8. The summed E-state index contributed by atoms with van der Waals surface area (Å²) < 4.78 is 20.1. The van der Waals surface area contributed by atoms with Crippen molar-refractivity contribution in [3.63, 3.8) is 0 Å². The van der Waals surface area contributed by atoms with E-state index >= 15 is 0 Å². The molecule has 1 aromatic heterocycles. The number of aliphatic hydroxyl groups excluding tert-OH is 2. The maximum Gasteiger partial charge on any atom is 0.351 e. The van der Waals surface area contributed by atoms with Crippen molar-refractivity contribution in [1.29, 1.82) is 0 Å². The minimum absolute atomic E-state index is 0.493. The SMILES string of the molecule is C[C@H]1O[C@@H](n2cc(F)c(NC(=O)C(C)(C)C)nc2=O)[C@H](O)[C@@H]1O. The molecule has 128 valence electrons. The Hall–Kier alpha value is -1.84. The molecule has 0 bridgehead atoms. The Morgan fingerprint density at radius 3 is 2.48 bits per heavy atom. The number of carbonyl (C=O) groups is 1. The molecule has 1 fully saturated rings. The highest BCUT2D eigenvalue weighted by Crippen LogP contribution is 2.28. The largest absolute Gasteiger partial charge is 0.388 e. The molecule has 0 radical (unpaired) electrons. The van der Waals surface area contributed by atoms with Crippen LogP contribution in [0.1, 0.15) is 33.9 Å². The molecule has 1 aromatic rings. The third kappa shape index (κ3) is 3.41. The standard InChI is InChI=1S/C14H20FN3O5/c1-6-8(19)9(20)11(23-6)18-5-7(15)10(17-13(18)22)16-12(21)14(2,3)4/h5-6,8-9,11,19-20H,1-4H3,(H,16,17,21,22)/t6-,8-,9-,11-/m1/s1. The number of aliphatic hydroxyl groups is 2. The van der Waals surface area contributed by atoms with Gasteiger partial charge >= 0.3 is 5.69 Å². The van der Waals surface area contributed by atoms with E-state index in [-0.39, 0.29) is 0 Å². The molecule has 0 saturated carbocycles. The zero-order chi connectivity index (χ0) is 17.5. The smallest absolute Gasteiger partial charge is 0.351 e. The Labute approximate surface area is 131 Å². The number of hydrogen-bond acceptors (Lipinski definition) is 6. The Bertz CT molecular complexity index is 669. The predicted octanol–water partition coefficient (Wildman–Crippen LogP) is 0.00610. The topological polar surface area (TPSA) is 114 Å². The summed E-state index contributed by atoms with van der Waals surface area (Å²) in [6.07, 6.45) is -3.77. The second-order valence-corrected chi connectivity index (χ2v) is 6.54. The first kappa shape index (κ1) is 17.5. The van der Waals surface area contributed by atoms with Crippen molar-refractivity contribution in [2.75, 3.05) is 5.32 Å². The molecule has 23 heavy (non-hydrogen) atoms. The van der Waals surface area contributed by atoms with Crippen molar-refractivity contribution in [3.05, 3.63) is 22.5 Å². The Balaban J connectivity index is 2.32. The molecule has 2 heterocycles. The lowest BCUT2D eigenvalue weighted by atomic mass is 9.96. The molecular weight excluding hydrogens is 309 g/mol. The molecule has 1 amide bonds. The number of anilines is 1. The monoisotopic (exact) mass is 329 g/mol. The first-order valence-corrected chi connectivity index (χ1v) is 7.14. The van der Waals surface area contributed by atoms with Crippen LogP contribution >= 0.6 is 0 Å². The fourth-order valence-electron chi connectivity index (χ4n) is 2.07. The lowest BCUT2D eigenvalue weighted by Gasteiger charge is -2.19. The number of hydrogen-bond donors (Lipinski definition) is 3. The average molecular weight is 329 g/mol. The number of rotatable bonds is 2. The van der Waals surface area contributed by atoms with Crippen LogP contribution < -0.4 is 11.0 Å². The highest BCUT2D eigenvalue weighted by molar-refractivity contribution is 5.93. The maximum absolute atomic E-state index is 14.1. The van der Waals surface area contributed by atoms with Crippen molar-refractivity contribution < 1.29 is 24.1 Å². The molecule has 0 unspecified atom stereocenters. The van der Waals surface area contributed by atoms with Crippen LogP contribution in [0.4, 0.5) is 10.2 Å². The second-order valence-electron chi connectivity index (χ2n) is 6.54. The molecule has 8 nitrogen and oxygen atoms in total. The minimum Gasteiger partial charge on any atom is -0.388 e. The molecule has 0 aliphatic carbocycles. The van der Waals surface area contributed by atoms with E-state index in [9.17, 15) is 24.2 Å². The van der Waals surface area contributed by atoms with Crippen molar-refractivity contribution in [3.8, 4) is 0 Å². The minimum atomic E-state index is -1.39. The van der Waals surface area contributed by atoms with Gasteiger partial charge in [0.1, 0.15) is 12.2 Å². The van der Waals surface area contributed by atoms with Crippen LogP contribution in [0.2, 0.25) is 0 Å². The van der Waals surface area contributed by atoms with Gasteiger partial charge in [-0.05, 0) is 6.92 Å². The number of nitrogens with one attached hydrogen (secondary N) is 1. The first-order chi connectivity index (χ1) is 10.5. The molecule has 0 spiro atoms. The highest BCUT2D eigenvalue weighted by atomic mass is 19.1. The van der Waals surface area contributed by atoms with Gasteiger partial charge in [0, 0.05) is 5.41 Å². The summed E-state index contributed by atoms with van der Waals surface area (Å²) >= 11 is 0. The Morgan fingerprint density at radius 2 is 2.00 bits per heavy atom. The van der Waals surface area contributed by atoms with Gasteiger partial charge in [-0.15, -0.1) is 0 Å². The van der Waals surface area contributed by atoms with Gasteiger partial charge in [-0.1, -0.05) is 20.8 Å². The van der Waals surface area contributed by atoms with Gasteiger partial charge in [-0.25, -0.2) is 9.18 Å². The molecule has 2 rings (SSSR count). The van der Waals surface area contributed by atoms with Crippen LogP contribution in [0, 0.1) is 11.2 Å². The summed E-state index contributed by atoms with van der Waals surface area (Å²) in [5.41, 5.74) is -1.70. The number of aromatic nitrogens is 2. The first-order valence-electron chi connectivity index (χ1n) is 7.14. The quantitative estimate of drug-likeness (QED) is 0.704. The number of ether oxygens (including phenoxy) is 1. The molecule has 9 heteroatoms. The van der Waals surface area contributed by atoms with E-state index in [0.717, 1.165) is 10.8 Å². The van der Waals surface area contributed by atoms with Crippen LogP contribution in [0.3, 0.4) is 0 Å². The van der Waals surface area contributed by atoms with E-state index in [0.29, 0.717) is 0 Å². The van der Waals surface area contributed by atoms with Gasteiger partial charge in [0.2, 0.25) is 5.91 Å². The van der Waals surface area contributed by atoms with Gasteiger partial charge in [0.25, 0.3) is 0 Å². The lowest BCUT2D eigenvalue weighted by Crippen LogP contribution is -2.36. The summed E-state index contributed by atoms with van der Waals surface area (Å²) in [5.74, 6) is -1.94. The van der Waals surface area contributed by atoms with Crippen LogP contribution in [0.25, 0.3) is 0 Å². The molecule has 4 atom stereocenters. The van der Waals surface area contributed by atoms with Crippen LogP contribution in [-0.2, 0) is 9.53 Å². The zero-order valence-electron chi connectivity index (χ0n) is 13.3. The maximum atomic E-state index is 14.1. The van der Waals surface area contributed by atoms with Crippen LogP contribution in [-0.4, -0.2) is 44.0 Å². The van der Waals surface area contributed by atoms with Crippen molar-refractivity contribution >= 4 is 11.7 Å². The highest BCUT2D eigenvalue weighted by Gasteiger charge is 2.42. The van der Waals surface area contributed by atoms with Crippen molar-refractivity contribution in [2.45, 2.75) is 52.2 Å². The third-order valence-electron chi connectivity index (χ3n) is 3.57. The van der Waals surface area contributed by atoms with Gasteiger partial charge < -0.3 is 20.3 Å². The van der Waals surface area contributed by atoms with E-state index in [1.165, 1.54) is 6.92 Å². The lowest BCUT2D eigenvalue weighted by molar-refractivity contribution is -0.123. The van der Waals surface area contributed by atoms with E-state index in [1.54, 1.807) is 20.8 Å². The molecule has 1 saturated heterocycles. The molecule has 3 N–H and O–H groups in total. The summed E-state index contributed by atoms with van der Waals surface area (Å²) in [6.45, 7) is 6.41.